The van der Waals surface area contributed by atoms with Crippen molar-refractivity contribution in [3.8, 4) is 22.6 Å². The van der Waals surface area contributed by atoms with Gasteiger partial charge in [0.15, 0.2) is 0 Å². The van der Waals surface area contributed by atoms with Gasteiger partial charge in [-0.3, -0.25) is 0 Å². The number of rotatable bonds is 3. The molecule has 0 aromatic heterocycles. The van der Waals surface area contributed by atoms with Crippen molar-refractivity contribution < 1.29 is 13.2 Å². The molecule has 0 aliphatic carbocycles. The van der Waals surface area contributed by atoms with Gasteiger partial charge in [-0.1, -0.05) is 87.8 Å². The largest absolute Gasteiger partial charge is 0.457 e. The number of halogens is 1. The average molecular weight is 592 g/mol. The molecule has 2 aliphatic heterocycles. The van der Waals surface area contributed by atoms with Crippen molar-refractivity contribution in [1.29, 1.82) is 0 Å². The highest BCUT2D eigenvalue weighted by molar-refractivity contribution is 7.91. The number of benzene rings is 5. The van der Waals surface area contributed by atoms with Crippen LogP contribution in [0.25, 0.3) is 11.1 Å². The van der Waals surface area contributed by atoms with Crippen molar-refractivity contribution in [2.24, 2.45) is 0 Å². The quantitative estimate of drug-likeness (QED) is 0.227. The molecule has 0 fully saturated rings. The highest BCUT2D eigenvalue weighted by Crippen LogP contribution is 2.50. The lowest BCUT2D eigenvalue weighted by molar-refractivity contribution is 0.416. The van der Waals surface area contributed by atoms with E-state index in [1.54, 1.807) is 36.4 Å². The van der Waals surface area contributed by atoms with Gasteiger partial charge in [-0.05, 0) is 70.8 Å². The van der Waals surface area contributed by atoms with E-state index in [1.807, 2.05) is 36.4 Å². The van der Waals surface area contributed by atoms with Crippen LogP contribution in [0.4, 0.5) is 11.4 Å². The topological polar surface area (TPSA) is 55.4 Å². The highest BCUT2D eigenvalue weighted by atomic mass is 35.5. The van der Waals surface area contributed by atoms with Crippen LogP contribution in [0.2, 0.25) is 5.02 Å². The molecule has 1 N–H and O–H groups in total. The Morgan fingerprint density at radius 2 is 1.24 bits per heavy atom. The fourth-order valence-electron chi connectivity index (χ4n) is 6.39. The zero-order valence-corrected chi connectivity index (χ0v) is 25.4. The molecule has 0 bridgehead atoms. The molecule has 0 saturated heterocycles. The van der Waals surface area contributed by atoms with Crippen LogP contribution in [0.5, 0.6) is 11.5 Å². The Morgan fingerprint density at radius 1 is 0.595 bits per heavy atom. The van der Waals surface area contributed by atoms with Crippen molar-refractivity contribution >= 4 is 32.8 Å². The molecule has 0 spiro atoms. The van der Waals surface area contributed by atoms with E-state index in [2.05, 4.69) is 63.3 Å². The van der Waals surface area contributed by atoms with Crippen molar-refractivity contribution in [3.63, 3.8) is 0 Å². The van der Waals surface area contributed by atoms with Gasteiger partial charge in [-0.15, -0.1) is 0 Å². The molecule has 2 aliphatic rings. The monoisotopic (exact) mass is 591 g/mol. The van der Waals surface area contributed by atoms with E-state index >= 15 is 0 Å². The number of nitrogens with one attached hydrogen (secondary N) is 1. The number of anilines is 2. The Labute approximate surface area is 251 Å². The Balaban J connectivity index is 1.26. The lowest BCUT2D eigenvalue weighted by Gasteiger charge is -2.36. The van der Waals surface area contributed by atoms with Crippen LogP contribution in [-0.4, -0.2) is 8.42 Å². The molecule has 7 rings (SSSR count). The second-order valence-corrected chi connectivity index (χ2v) is 14.5. The summed E-state index contributed by atoms with van der Waals surface area (Å²) in [4.78, 5) is 0.422. The Hall–Kier alpha value is -4.06. The molecule has 0 atom stereocenters. The molecule has 210 valence electrons. The first-order valence-corrected chi connectivity index (χ1v) is 15.8. The first-order valence-electron chi connectivity index (χ1n) is 14.0. The van der Waals surface area contributed by atoms with Gasteiger partial charge >= 0.3 is 0 Å². The normalized spacial score (nSPS) is 15.7. The molecule has 5 aromatic rings. The Kier molecular flexibility index (Phi) is 5.89. The third-order valence-electron chi connectivity index (χ3n) is 8.81. The van der Waals surface area contributed by atoms with E-state index in [1.165, 1.54) is 11.1 Å². The molecule has 2 heterocycles. The van der Waals surface area contributed by atoms with Crippen LogP contribution in [0.3, 0.4) is 0 Å². The lowest BCUT2D eigenvalue weighted by Crippen LogP contribution is -2.25. The van der Waals surface area contributed by atoms with Crippen LogP contribution in [0.1, 0.15) is 49.9 Å². The van der Waals surface area contributed by atoms with Crippen molar-refractivity contribution in [2.75, 3.05) is 5.32 Å². The maximum atomic E-state index is 14.0. The van der Waals surface area contributed by atoms with Crippen LogP contribution >= 0.6 is 11.6 Å². The number of hydrogen-bond acceptors (Lipinski definition) is 4. The molecule has 0 unspecified atom stereocenters. The van der Waals surface area contributed by atoms with Gasteiger partial charge < -0.3 is 10.1 Å². The summed E-state index contributed by atoms with van der Waals surface area (Å²) in [5.74, 6) is 1.17. The standard InChI is InChI=1S/C36H30ClNO3S/c1-35(2)27-10-5-6-11-31(27)38-32-17-12-23(19-30(32)35)22-8-7-9-25(18-22)42(39,40)26-14-16-29-34(21-26)41-33-20-24(37)13-15-28(33)36(29,3)4/h5-21,38H,1-4H3. The number of para-hydroxylation sites is 1. The van der Waals surface area contributed by atoms with Crippen LogP contribution in [-0.2, 0) is 20.7 Å². The first kappa shape index (κ1) is 26.8. The number of hydrogen-bond donors (Lipinski definition) is 1. The van der Waals surface area contributed by atoms with E-state index in [0.717, 1.165) is 33.6 Å². The van der Waals surface area contributed by atoms with Gasteiger partial charge in [0.1, 0.15) is 11.5 Å². The Morgan fingerprint density at radius 3 is 2.05 bits per heavy atom. The maximum absolute atomic E-state index is 14.0. The molecule has 6 heteroatoms. The van der Waals surface area contributed by atoms with Gasteiger partial charge in [0.2, 0.25) is 9.84 Å². The van der Waals surface area contributed by atoms with E-state index in [4.69, 9.17) is 16.3 Å². The summed E-state index contributed by atoms with van der Waals surface area (Å²) in [6.07, 6.45) is 0. The zero-order chi connectivity index (χ0) is 29.4. The second-order valence-electron chi connectivity index (χ2n) is 12.1. The summed E-state index contributed by atoms with van der Waals surface area (Å²) in [6.45, 7) is 8.66. The number of ether oxygens (including phenoxy) is 1. The minimum absolute atomic E-state index is 0.187. The summed E-state index contributed by atoms with van der Waals surface area (Å²) in [5, 5.41) is 4.13. The molecule has 0 radical (unpaired) electrons. The third-order valence-corrected chi connectivity index (χ3v) is 10.8. The van der Waals surface area contributed by atoms with Gasteiger partial charge in [0, 0.05) is 44.4 Å². The fraction of sp³-hybridized carbons (Fsp3) is 0.167. The predicted molar refractivity (Wildman–Crippen MR) is 169 cm³/mol. The molecular weight excluding hydrogens is 562 g/mol. The number of sulfone groups is 1. The average Bonchev–Trinajstić information content (AvgIpc) is 2.97. The highest BCUT2D eigenvalue weighted by Gasteiger charge is 2.36. The van der Waals surface area contributed by atoms with Gasteiger partial charge in [-0.2, -0.15) is 0 Å². The minimum atomic E-state index is -3.82. The zero-order valence-electron chi connectivity index (χ0n) is 23.8. The summed E-state index contributed by atoms with van der Waals surface area (Å²) in [5.41, 5.74) is 7.73. The predicted octanol–water partition coefficient (Wildman–Crippen LogP) is 9.65. The molecule has 4 nitrogen and oxygen atoms in total. The fourth-order valence-corrected chi connectivity index (χ4v) is 7.87. The number of fused-ring (bicyclic) bond motifs is 4. The molecule has 42 heavy (non-hydrogen) atoms. The van der Waals surface area contributed by atoms with E-state index in [0.29, 0.717) is 16.5 Å². The third kappa shape index (κ3) is 4.06. The van der Waals surface area contributed by atoms with Crippen molar-refractivity contribution in [2.45, 2.75) is 48.3 Å². The summed E-state index contributed by atoms with van der Waals surface area (Å²) >= 11 is 6.24. The Bertz CT molecular complexity index is 2030. The minimum Gasteiger partial charge on any atom is -0.457 e. The summed E-state index contributed by atoms with van der Waals surface area (Å²) < 4.78 is 34.1. The maximum Gasteiger partial charge on any atom is 0.206 e. The van der Waals surface area contributed by atoms with Crippen molar-refractivity contribution in [1.82, 2.24) is 0 Å². The first-order chi connectivity index (χ1) is 20.0. The molecule has 0 amide bonds. The summed E-state index contributed by atoms with van der Waals surface area (Å²) in [6, 6.07) is 32.6. The smallest absolute Gasteiger partial charge is 0.206 e. The summed E-state index contributed by atoms with van der Waals surface area (Å²) in [7, 11) is -3.82. The van der Waals surface area contributed by atoms with Crippen LogP contribution in [0.15, 0.2) is 113 Å². The SMILES string of the molecule is CC1(C)c2ccccc2Nc2ccc(-c3cccc(S(=O)(=O)c4ccc5c(c4)Oc4cc(Cl)ccc4C5(C)C)c3)cc21. The van der Waals surface area contributed by atoms with Gasteiger partial charge in [-0.25, -0.2) is 8.42 Å². The van der Waals surface area contributed by atoms with E-state index in [-0.39, 0.29) is 20.6 Å². The lowest BCUT2D eigenvalue weighted by atomic mass is 9.73. The van der Waals surface area contributed by atoms with Crippen LogP contribution in [0, 0.1) is 0 Å². The molecule has 5 aromatic carbocycles. The second kappa shape index (κ2) is 9.22. The van der Waals surface area contributed by atoms with E-state index in [9.17, 15) is 8.42 Å². The van der Waals surface area contributed by atoms with Crippen molar-refractivity contribution in [3.05, 3.63) is 130 Å². The van der Waals surface area contributed by atoms with Gasteiger partial charge in [0.05, 0.1) is 9.79 Å². The van der Waals surface area contributed by atoms with Crippen LogP contribution < -0.4 is 10.1 Å². The van der Waals surface area contributed by atoms with E-state index < -0.39 is 9.84 Å². The molecule has 0 saturated carbocycles. The molecular formula is C36H30ClNO3S. The van der Waals surface area contributed by atoms with Gasteiger partial charge in [0.25, 0.3) is 0 Å².